The third-order valence-electron chi connectivity index (χ3n) is 3.32. The van der Waals surface area contributed by atoms with E-state index in [-0.39, 0.29) is 11.5 Å². The molecule has 3 aromatic rings. The lowest BCUT2D eigenvalue weighted by molar-refractivity contribution is -0.139. The predicted molar refractivity (Wildman–Crippen MR) is 86.8 cm³/mol. The number of hydrogen-bond donors (Lipinski definition) is 2. The molecule has 0 saturated heterocycles. The number of carbonyl (C=O) groups excluding carboxylic acids is 1. The Morgan fingerprint density at radius 3 is 2.58 bits per heavy atom. The number of anilines is 1. The molecule has 0 spiro atoms. The fraction of sp³-hybridized carbons (Fsp3) is 0.0588. The minimum Gasteiger partial charge on any atom is -0.479 e. The Hall–Kier alpha value is -3.32. The summed E-state index contributed by atoms with van der Waals surface area (Å²) in [4.78, 5) is 23.1. The molecule has 1 amide bonds. The highest BCUT2D eigenvalue weighted by atomic mass is 16.5. The zero-order chi connectivity index (χ0) is 17.1. The molecule has 24 heavy (non-hydrogen) atoms. The van der Waals surface area contributed by atoms with Crippen LogP contribution in [0.25, 0.3) is 11.0 Å². The first-order valence-electron chi connectivity index (χ1n) is 7.07. The number of benzene rings is 2. The number of nitrogens with two attached hydrogens (primary N) is 1. The van der Waals surface area contributed by atoms with Gasteiger partial charge in [-0.2, -0.15) is 0 Å². The van der Waals surface area contributed by atoms with Gasteiger partial charge in [-0.25, -0.2) is 15.6 Å². The predicted octanol–water partition coefficient (Wildman–Crippen LogP) is 2.42. The Balaban J connectivity index is 1.91. The zero-order valence-electron chi connectivity index (χ0n) is 12.5. The SMILES string of the molecule is NN(C(=O)c1cc2cccc(OCC(=O)O)c2o1)c1ccccc1. The van der Waals surface area contributed by atoms with Gasteiger partial charge in [0.2, 0.25) is 0 Å². The molecule has 2 aromatic carbocycles. The second kappa shape index (κ2) is 6.43. The molecule has 0 aliphatic heterocycles. The van der Waals surface area contributed by atoms with Gasteiger partial charge >= 0.3 is 11.9 Å². The fourth-order valence-electron chi connectivity index (χ4n) is 2.22. The van der Waals surface area contributed by atoms with Crippen LogP contribution in [0.15, 0.2) is 59.0 Å². The van der Waals surface area contributed by atoms with E-state index in [1.165, 1.54) is 6.07 Å². The Labute approximate surface area is 136 Å². The first-order chi connectivity index (χ1) is 11.6. The Morgan fingerprint density at radius 2 is 1.88 bits per heavy atom. The lowest BCUT2D eigenvalue weighted by Gasteiger charge is -2.14. The molecular weight excluding hydrogens is 312 g/mol. The molecule has 0 aliphatic carbocycles. The van der Waals surface area contributed by atoms with Gasteiger partial charge in [-0.1, -0.05) is 30.3 Å². The monoisotopic (exact) mass is 326 g/mol. The largest absolute Gasteiger partial charge is 0.479 e. The van der Waals surface area contributed by atoms with E-state index < -0.39 is 18.5 Å². The van der Waals surface area contributed by atoms with E-state index in [2.05, 4.69) is 0 Å². The number of furan rings is 1. The minimum absolute atomic E-state index is 0.0303. The number of carbonyl (C=O) groups is 2. The van der Waals surface area contributed by atoms with E-state index in [4.69, 9.17) is 20.1 Å². The van der Waals surface area contributed by atoms with Crippen LogP contribution in [-0.2, 0) is 4.79 Å². The van der Waals surface area contributed by atoms with Gasteiger partial charge in [-0.15, -0.1) is 0 Å². The number of carboxylic acid groups (broad SMARTS) is 1. The highest BCUT2D eigenvalue weighted by Gasteiger charge is 2.20. The fourth-order valence-corrected chi connectivity index (χ4v) is 2.22. The van der Waals surface area contributed by atoms with Gasteiger partial charge in [-0.05, 0) is 24.3 Å². The van der Waals surface area contributed by atoms with Gasteiger partial charge in [0.05, 0.1) is 5.69 Å². The quantitative estimate of drug-likeness (QED) is 0.424. The van der Waals surface area contributed by atoms with E-state index in [1.807, 2.05) is 6.07 Å². The highest BCUT2D eigenvalue weighted by Crippen LogP contribution is 2.29. The molecule has 3 N–H and O–H groups in total. The normalized spacial score (nSPS) is 10.5. The van der Waals surface area contributed by atoms with E-state index in [0.717, 1.165) is 5.01 Å². The molecule has 0 aliphatic rings. The molecule has 3 rings (SSSR count). The van der Waals surface area contributed by atoms with Crippen molar-refractivity contribution in [3.63, 3.8) is 0 Å². The average Bonchev–Trinajstić information content (AvgIpc) is 3.04. The summed E-state index contributed by atoms with van der Waals surface area (Å²) in [5.41, 5.74) is 0.814. The summed E-state index contributed by atoms with van der Waals surface area (Å²) in [5.74, 6) is 4.49. The molecular formula is C17H14N2O5. The standard InChI is InChI=1S/C17H14N2O5/c18-19(12-6-2-1-3-7-12)17(22)14-9-11-5-4-8-13(16(11)24-14)23-10-15(20)21/h1-9H,10,18H2,(H,20,21). The number of amides is 1. The molecule has 1 heterocycles. The van der Waals surface area contributed by atoms with Crippen LogP contribution in [0.3, 0.4) is 0 Å². The van der Waals surface area contributed by atoms with Crippen molar-refractivity contribution < 1.29 is 23.8 Å². The van der Waals surface area contributed by atoms with Gasteiger partial charge in [0.1, 0.15) is 0 Å². The number of aliphatic carboxylic acids is 1. The molecule has 7 nitrogen and oxygen atoms in total. The van der Waals surface area contributed by atoms with Crippen LogP contribution in [-0.4, -0.2) is 23.6 Å². The number of ether oxygens (including phenoxy) is 1. The Kier molecular flexibility index (Phi) is 4.17. The van der Waals surface area contributed by atoms with Crippen LogP contribution in [0.4, 0.5) is 5.69 Å². The summed E-state index contributed by atoms with van der Waals surface area (Å²) >= 11 is 0. The number of fused-ring (bicyclic) bond motifs is 1. The molecule has 0 fully saturated rings. The van der Waals surface area contributed by atoms with Crippen molar-refractivity contribution >= 4 is 28.5 Å². The molecule has 1 aromatic heterocycles. The van der Waals surface area contributed by atoms with Crippen LogP contribution in [0.2, 0.25) is 0 Å². The number of nitrogens with zero attached hydrogens (tertiary/aromatic N) is 1. The molecule has 0 unspecified atom stereocenters. The first-order valence-corrected chi connectivity index (χ1v) is 7.07. The number of para-hydroxylation sites is 2. The van der Waals surface area contributed by atoms with Crippen molar-refractivity contribution in [2.75, 3.05) is 11.6 Å². The van der Waals surface area contributed by atoms with Gasteiger partial charge in [-0.3, -0.25) is 4.79 Å². The van der Waals surface area contributed by atoms with Crippen molar-refractivity contribution in [2.24, 2.45) is 5.84 Å². The summed E-state index contributed by atoms with van der Waals surface area (Å²) in [7, 11) is 0. The first kappa shape index (κ1) is 15.6. The lowest BCUT2D eigenvalue weighted by atomic mass is 10.2. The lowest BCUT2D eigenvalue weighted by Crippen LogP contribution is -2.37. The molecule has 0 saturated carbocycles. The maximum absolute atomic E-state index is 12.5. The zero-order valence-corrected chi connectivity index (χ0v) is 12.5. The molecule has 0 bridgehead atoms. The number of carboxylic acids is 1. The number of hydrogen-bond acceptors (Lipinski definition) is 5. The van der Waals surface area contributed by atoms with Crippen LogP contribution < -0.4 is 15.6 Å². The third-order valence-corrected chi connectivity index (χ3v) is 3.32. The molecule has 0 radical (unpaired) electrons. The van der Waals surface area contributed by atoms with E-state index >= 15 is 0 Å². The van der Waals surface area contributed by atoms with Crippen LogP contribution in [0, 0.1) is 0 Å². The maximum atomic E-state index is 12.5. The van der Waals surface area contributed by atoms with Crippen molar-refractivity contribution in [2.45, 2.75) is 0 Å². The van der Waals surface area contributed by atoms with E-state index in [1.54, 1.807) is 42.5 Å². The summed E-state index contributed by atoms with van der Waals surface area (Å²) < 4.78 is 10.7. The molecule has 7 heteroatoms. The Morgan fingerprint density at radius 1 is 1.12 bits per heavy atom. The minimum atomic E-state index is -1.10. The average molecular weight is 326 g/mol. The van der Waals surface area contributed by atoms with Crippen LogP contribution >= 0.6 is 0 Å². The molecule has 0 atom stereocenters. The smallest absolute Gasteiger partial charge is 0.341 e. The maximum Gasteiger partial charge on any atom is 0.341 e. The second-order valence-corrected chi connectivity index (χ2v) is 4.98. The van der Waals surface area contributed by atoms with Gasteiger partial charge in [0.15, 0.2) is 23.7 Å². The summed E-state index contributed by atoms with van der Waals surface area (Å²) in [6, 6.07) is 15.2. The highest BCUT2D eigenvalue weighted by molar-refractivity contribution is 6.05. The van der Waals surface area contributed by atoms with Crippen molar-refractivity contribution in [3.05, 3.63) is 60.4 Å². The van der Waals surface area contributed by atoms with Crippen LogP contribution in [0.5, 0.6) is 5.75 Å². The van der Waals surface area contributed by atoms with E-state index in [9.17, 15) is 9.59 Å². The summed E-state index contributed by atoms with van der Waals surface area (Å²) in [6.45, 7) is -0.504. The topological polar surface area (TPSA) is 106 Å². The van der Waals surface area contributed by atoms with Gasteiger partial charge in [0, 0.05) is 5.39 Å². The van der Waals surface area contributed by atoms with Crippen LogP contribution in [0.1, 0.15) is 10.6 Å². The number of hydrazine groups is 1. The van der Waals surface area contributed by atoms with E-state index in [0.29, 0.717) is 16.7 Å². The van der Waals surface area contributed by atoms with Crippen molar-refractivity contribution in [1.29, 1.82) is 0 Å². The second-order valence-electron chi connectivity index (χ2n) is 4.98. The van der Waals surface area contributed by atoms with Crippen molar-refractivity contribution in [1.82, 2.24) is 0 Å². The van der Waals surface area contributed by atoms with Gasteiger partial charge < -0.3 is 14.3 Å². The summed E-state index contributed by atoms with van der Waals surface area (Å²) in [5, 5.41) is 10.3. The molecule has 122 valence electrons. The summed E-state index contributed by atoms with van der Waals surface area (Å²) in [6.07, 6.45) is 0. The Bertz CT molecular complexity index is 888. The third kappa shape index (κ3) is 3.06. The van der Waals surface area contributed by atoms with Crippen molar-refractivity contribution in [3.8, 4) is 5.75 Å². The van der Waals surface area contributed by atoms with Gasteiger partial charge in [0.25, 0.3) is 0 Å². The number of rotatable bonds is 5.